The highest BCUT2D eigenvalue weighted by Gasteiger charge is 2.27. The van der Waals surface area contributed by atoms with E-state index in [1.54, 1.807) is 23.2 Å². The van der Waals surface area contributed by atoms with Crippen LogP contribution in [-0.2, 0) is 11.3 Å². The molecular formula is C18H24N6O2. The molecule has 2 aliphatic heterocycles. The van der Waals surface area contributed by atoms with Gasteiger partial charge in [-0.25, -0.2) is 4.98 Å². The Hall–Kier alpha value is -2.48. The molecule has 2 aromatic heterocycles. The molecule has 8 heteroatoms. The van der Waals surface area contributed by atoms with Crippen LogP contribution in [0.1, 0.15) is 31.0 Å². The van der Waals surface area contributed by atoms with Crippen LogP contribution in [0.25, 0.3) is 0 Å². The highest BCUT2D eigenvalue weighted by atomic mass is 16.2. The van der Waals surface area contributed by atoms with Crippen molar-refractivity contribution >= 4 is 11.6 Å². The summed E-state index contributed by atoms with van der Waals surface area (Å²) in [4.78, 5) is 32.2. The van der Waals surface area contributed by atoms with Crippen LogP contribution in [0.5, 0.6) is 0 Å². The molecule has 0 aliphatic carbocycles. The lowest BCUT2D eigenvalue weighted by atomic mass is 10.3. The topological polar surface area (TPSA) is 76.3 Å². The number of aromatic nitrogens is 4. The third-order valence-corrected chi connectivity index (χ3v) is 5.27. The number of likely N-dealkylation sites (tertiary alicyclic amines) is 1. The molecule has 0 N–H and O–H groups in total. The Kier molecular flexibility index (Phi) is 4.58. The molecule has 2 saturated heterocycles. The minimum absolute atomic E-state index is 0.000227. The van der Waals surface area contributed by atoms with Crippen molar-refractivity contribution in [2.24, 2.45) is 0 Å². The van der Waals surface area contributed by atoms with Gasteiger partial charge in [-0.1, -0.05) is 0 Å². The summed E-state index contributed by atoms with van der Waals surface area (Å²) in [5.41, 5.74) is 1.65. The first-order chi connectivity index (χ1) is 12.6. The van der Waals surface area contributed by atoms with Gasteiger partial charge in [0.05, 0.1) is 24.3 Å². The van der Waals surface area contributed by atoms with E-state index in [0.717, 1.165) is 50.4 Å². The maximum atomic E-state index is 11.9. The number of rotatable bonds is 5. The van der Waals surface area contributed by atoms with Gasteiger partial charge in [0.2, 0.25) is 5.91 Å². The Morgan fingerprint density at radius 2 is 2.12 bits per heavy atom. The van der Waals surface area contributed by atoms with E-state index in [-0.39, 0.29) is 11.5 Å². The van der Waals surface area contributed by atoms with E-state index in [0.29, 0.717) is 19.0 Å². The Bertz CT molecular complexity index is 857. The van der Waals surface area contributed by atoms with Crippen LogP contribution in [0.2, 0.25) is 0 Å². The minimum Gasteiger partial charge on any atom is -0.309 e. The molecule has 4 heterocycles. The minimum atomic E-state index is 0.000227. The van der Waals surface area contributed by atoms with Crippen molar-refractivity contribution < 1.29 is 4.79 Å². The van der Waals surface area contributed by atoms with Crippen molar-refractivity contribution in [3.63, 3.8) is 0 Å². The third kappa shape index (κ3) is 3.41. The molecular weight excluding hydrogens is 332 g/mol. The average Bonchev–Trinajstić information content (AvgIpc) is 3.33. The number of aryl methyl sites for hydroxylation is 1. The smallest absolute Gasteiger partial charge is 0.253 e. The molecule has 8 nitrogen and oxygen atoms in total. The van der Waals surface area contributed by atoms with E-state index in [2.05, 4.69) is 15.0 Å². The van der Waals surface area contributed by atoms with Crippen LogP contribution in [-0.4, -0.2) is 56.3 Å². The van der Waals surface area contributed by atoms with Gasteiger partial charge in [-0.15, -0.1) is 0 Å². The second-order valence-corrected chi connectivity index (χ2v) is 7.13. The van der Waals surface area contributed by atoms with Crippen LogP contribution >= 0.6 is 0 Å². The Morgan fingerprint density at radius 3 is 2.88 bits per heavy atom. The van der Waals surface area contributed by atoms with Crippen molar-refractivity contribution in [3.05, 3.63) is 40.8 Å². The third-order valence-electron chi connectivity index (χ3n) is 5.27. The lowest BCUT2D eigenvalue weighted by Gasteiger charge is -2.17. The standard InChI is InChI=1S/C18H24N6O2/c1-14-9-18(26)22(13-19-14)8-7-21-6-4-15(11-21)24-12-16(10-20-24)23-5-2-3-17(23)25/h9-10,12-13,15H,2-8,11H2,1H3. The second kappa shape index (κ2) is 7.03. The van der Waals surface area contributed by atoms with E-state index in [4.69, 9.17) is 0 Å². The van der Waals surface area contributed by atoms with E-state index >= 15 is 0 Å². The molecule has 0 saturated carbocycles. The highest BCUT2D eigenvalue weighted by Crippen LogP contribution is 2.25. The Labute approximate surface area is 152 Å². The molecule has 0 aromatic carbocycles. The number of amides is 1. The molecule has 1 unspecified atom stereocenters. The average molecular weight is 356 g/mol. The van der Waals surface area contributed by atoms with Crippen molar-refractivity contribution in [2.75, 3.05) is 31.1 Å². The number of nitrogens with zero attached hydrogens (tertiary/aromatic N) is 6. The summed E-state index contributed by atoms with van der Waals surface area (Å²) in [7, 11) is 0. The normalized spacial score (nSPS) is 21.0. The first kappa shape index (κ1) is 17.0. The summed E-state index contributed by atoms with van der Waals surface area (Å²) in [6.07, 6.45) is 7.99. The van der Waals surface area contributed by atoms with Gasteiger partial charge < -0.3 is 4.90 Å². The first-order valence-corrected chi connectivity index (χ1v) is 9.20. The first-order valence-electron chi connectivity index (χ1n) is 9.20. The number of carbonyl (C=O) groups is 1. The van der Waals surface area contributed by atoms with Gasteiger partial charge in [-0.2, -0.15) is 5.10 Å². The summed E-state index contributed by atoms with van der Waals surface area (Å²) in [5.74, 6) is 0.190. The summed E-state index contributed by atoms with van der Waals surface area (Å²) in [6, 6.07) is 1.88. The van der Waals surface area contributed by atoms with Crippen molar-refractivity contribution in [1.29, 1.82) is 0 Å². The molecule has 0 bridgehead atoms. The van der Waals surface area contributed by atoms with Gasteiger partial charge >= 0.3 is 0 Å². The van der Waals surface area contributed by atoms with Gasteiger partial charge in [0.1, 0.15) is 0 Å². The summed E-state index contributed by atoms with van der Waals surface area (Å²) >= 11 is 0. The predicted octanol–water partition coefficient (Wildman–Crippen LogP) is 0.822. The molecule has 2 aromatic rings. The van der Waals surface area contributed by atoms with Crippen LogP contribution in [0.3, 0.4) is 0 Å². The fourth-order valence-electron chi connectivity index (χ4n) is 3.75. The van der Waals surface area contributed by atoms with E-state index in [9.17, 15) is 9.59 Å². The Balaban J connectivity index is 1.34. The number of carbonyl (C=O) groups excluding carboxylic acids is 1. The molecule has 0 spiro atoms. The predicted molar refractivity (Wildman–Crippen MR) is 97.1 cm³/mol. The summed E-state index contributed by atoms with van der Waals surface area (Å²) < 4.78 is 3.64. The molecule has 2 fully saturated rings. The highest BCUT2D eigenvalue weighted by molar-refractivity contribution is 5.95. The van der Waals surface area contributed by atoms with Crippen molar-refractivity contribution in [1.82, 2.24) is 24.2 Å². The fraction of sp³-hybridized carbons (Fsp3) is 0.556. The lowest BCUT2D eigenvalue weighted by Crippen LogP contribution is -2.30. The zero-order valence-electron chi connectivity index (χ0n) is 15.0. The van der Waals surface area contributed by atoms with E-state index < -0.39 is 0 Å². The van der Waals surface area contributed by atoms with Gasteiger partial charge in [-0.05, 0) is 19.8 Å². The molecule has 1 amide bonds. The Morgan fingerprint density at radius 1 is 1.23 bits per heavy atom. The van der Waals surface area contributed by atoms with Crippen LogP contribution in [0, 0.1) is 6.92 Å². The molecule has 2 aliphatic rings. The van der Waals surface area contributed by atoms with E-state index in [1.165, 1.54) is 0 Å². The molecule has 0 radical (unpaired) electrons. The second-order valence-electron chi connectivity index (χ2n) is 7.13. The summed E-state index contributed by atoms with van der Waals surface area (Å²) in [6.45, 7) is 5.97. The van der Waals surface area contributed by atoms with Crippen molar-refractivity contribution in [2.45, 2.75) is 38.8 Å². The van der Waals surface area contributed by atoms with Gasteiger partial charge in [-0.3, -0.25) is 23.7 Å². The quantitative estimate of drug-likeness (QED) is 0.793. The molecule has 26 heavy (non-hydrogen) atoms. The van der Waals surface area contributed by atoms with E-state index in [1.807, 2.05) is 22.7 Å². The zero-order valence-corrected chi connectivity index (χ0v) is 15.0. The molecule has 138 valence electrons. The van der Waals surface area contributed by atoms with Gasteiger partial charge in [0.25, 0.3) is 5.56 Å². The monoisotopic (exact) mass is 356 g/mol. The molecule has 4 rings (SSSR count). The van der Waals surface area contributed by atoms with Crippen LogP contribution < -0.4 is 10.5 Å². The van der Waals surface area contributed by atoms with Crippen LogP contribution in [0.4, 0.5) is 5.69 Å². The van der Waals surface area contributed by atoms with Crippen LogP contribution in [0.15, 0.2) is 29.6 Å². The number of hydrogen-bond donors (Lipinski definition) is 0. The number of anilines is 1. The fourth-order valence-corrected chi connectivity index (χ4v) is 3.75. The largest absolute Gasteiger partial charge is 0.309 e. The SMILES string of the molecule is Cc1cc(=O)n(CCN2CCC(n3cc(N4CCCC4=O)cn3)C2)cn1. The van der Waals surface area contributed by atoms with Crippen molar-refractivity contribution in [3.8, 4) is 0 Å². The van der Waals surface area contributed by atoms with Gasteiger partial charge in [0, 0.05) is 57.1 Å². The maximum absolute atomic E-state index is 11.9. The lowest BCUT2D eigenvalue weighted by molar-refractivity contribution is -0.117. The zero-order chi connectivity index (χ0) is 18.1. The maximum Gasteiger partial charge on any atom is 0.253 e. The number of hydrogen-bond acceptors (Lipinski definition) is 5. The molecule has 1 atom stereocenters. The summed E-state index contributed by atoms with van der Waals surface area (Å²) in [5, 5.41) is 4.48. The van der Waals surface area contributed by atoms with Gasteiger partial charge in [0.15, 0.2) is 0 Å².